The Morgan fingerprint density at radius 1 is 1.21 bits per heavy atom. The van der Waals surface area contributed by atoms with Crippen LogP contribution in [0.5, 0.6) is 0 Å². The van der Waals surface area contributed by atoms with Crippen molar-refractivity contribution in [1.82, 2.24) is 0 Å². The number of hydrogen-bond acceptors (Lipinski definition) is 3. The number of nitrogens with zero attached hydrogens (tertiary/aromatic N) is 1. The minimum absolute atomic E-state index is 0.0463. The quantitative estimate of drug-likeness (QED) is 0.652. The fraction of sp³-hybridized carbons (Fsp3) is 0.158. The number of ketones is 1. The van der Waals surface area contributed by atoms with Crippen molar-refractivity contribution in [3.63, 3.8) is 0 Å². The number of aliphatic hydroxyl groups is 1. The summed E-state index contributed by atoms with van der Waals surface area (Å²) in [6, 6.07) is 13.6. The summed E-state index contributed by atoms with van der Waals surface area (Å²) in [5.41, 5.74) is -0.494. The lowest BCUT2D eigenvalue weighted by molar-refractivity contribution is -0.135. The third-order valence-electron chi connectivity index (χ3n) is 4.07. The summed E-state index contributed by atoms with van der Waals surface area (Å²) in [6.45, 7) is 0.0463. The number of terminal acetylenes is 1. The topological polar surface area (TPSA) is 57.6 Å². The van der Waals surface area contributed by atoms with E-state index in [1.54, 1.807) is 48.5 Å². The molecule has 0 radical (unpaired) electrons. The minimum Gasteiger partial charge on any atom is -0.375 e. The van der Waals surface area contributed by atoms with E-state index >= 15 is 0 Å². The van der Waals surface area contributed by atoms with Crippen LogP contribution in [0.1, 0.15) is 22.3 Å². The zero-order valence-corrected chi connectivity index (χ0v) is 14.3. The third kappa shape index (κ3) is 2.64. The van der Waals surface area contributed by atoms with Gasteiger partial charge in [-0.1, -0.05) is 52.2 Å². The van der Waals surface area contributed by atoms with Crippen LogP contribution in [0.15, 0.2) is 53.0 Å². The van der Waals surface area contributed by atoms with Crippen molar-refractivity contribution in [3.05, 3.63) is 64.1 Å². The lowest BCUT2D eigenvalue weighted by Crippen LogP contribution is -2.42. The van der Waals surface area contributed by atoms with Crippen molar-refractivity contribution in [1.29, 1.82) is 0 Å². The van der Waals surface area contributed by atoms with Gasteiger partial charge in [-0.3, -0.25) is 14.5 Å². The van der Waals surface area contributed by atoms with E-state index in [9.17, 15) is 14.7 Å². The number of hydrogen-bond donors (Lipinski definition) is 1. The average molecular weight is 384 g/mol. The molecule has 1 heterocycles. The summed E-state index contributed by atoms with van der Waals surface area (Å²) in [6.07, 6.45) is 5.00. The first kappa shape index (κ1) is 16.4. The first-order chi connectivity index (χ1) is 11.5. The van der Waals surface area contributed by atoms with Gasteiger partial charge in [-0.25, -0.2) is 0 Å². The molecule has 3 rings (SSSR count). The van der Waals surface area contributed by atoms with Gasteiger partial charge in [0.25, 0.3) is 5.91 Å². The van der Waals surface area contributed by atoms with Crippen molar-refractivity contribution in [3.8, 4) is 12.3 Å². The van der Waals surface area contributed by atoms with Crippen LogP contribution in [0.25, 0.3) is 0 Å². The van der Waals surface area contributed by atoms with E-state index in [0.717, 1.165) is 4.47 Å². The van der Waals surface area contributed by atoms with Gasteiger partial charge < -0.3 is 5.11 Å². The summed E-state index contributed by atoms with van der Waals surface area (Å²) in [5, 5.41) is 11.0. The number of benzene rings is 2. The number of amides is 1. The molecule has 0 aromatic heterocycles. The van der Waals surface area contributed by atoms with Crippen molar-refractivity contribution >= 4 is 33.3 Å². The Labute approximate surface area is 148 Å². The van der Waals surface area contributed by atoms with Gasteiger partial charge in [0, 0.05) is 15.6 Å². The minimum atomic E-state index is -1.89. The fourth-order valence-electron chi connectivity index (χ4n) is 2.90. The van der Waals surface area contributed by atoms with Gasteiger partial charge in [0.15, 0.2) is 11.4 Å². The molecule has 2 aromatic rings. The maximum absolute atomic E-state index is 12.7. The molecule has 2 aromatic carbocycles. The maximum Gasteiger partial charge on any atom is 0.265 e. The molecule has 4 nitrogen and oxygen atoms in total. The number of fused-ring (bicyclic) bond motifs is 1. The highest BCUT2D eigenvalue weighted by Gasteiger charge is 2.50. The first-order valence-corrected chi connectivity index (χ1v) is 8.13. The van der Waals surface area contributed by atoms with Crippen molar-refractivity contribution < 1.29 is 14.7 Å². The second kappa shape index (κ2) is 6.23. The van der Waals surface area contributed by atoms with E-state index in [1.807, 2.05) is 0 Å². The molecule has 1 aliphatic heterocycles. The summed E-state index contributed by atoms with van der Waals surface area (Å²) in [7, 11) is 0. The fourth-order valence-corrected chi connectivity index (χ4v) is 3.16. The Hall–Kier alpha value is -2.42. The first-order valence-electron chi connectivity index (χ1n) is 7.33. The normalized spacial score (nSPS) is 19.0. The van der Waals surface area contributed by atoms with Gasteiger partial charge in [-0.2, -0.15) is 0 Å². The van der Waals surface area contributed by atoms with Gasteiger partial charge in [0.05, 0.1) is 18.7 Å². The predicted octanol–water partition coefficient (Wildman–Crippen LogP) is 2.89. The Morgan fingerprint density at radius 2 is 1.88 bits per heavy atom. The van der Waals surface area contributed by atoms with E-state index in [4.69, 9.17) is 6.42 Å². The molecule has 1 aliphatic rings. The third-order valence-corrected chi connectivity index (χ3v) is 4.60. The van der Waals surface area contributed by atoms with Gasteiger partial charge in [-0.05, 0) is 18.2 Å². The molecule has 1 N–H and O–H groups in total. The summed E-state index contributed by atoms with van der Waals surface area (Å²) < 4.78 is 0.847. The zero-order valence-electron chi connectivity index (χ0n) is 12.7. The van der Waals surface area contributed by atoms with Crippen LogP contribution in [-0.2, 0) is 10.4 Å². The molecular formula is C19H14BrNO3. The highest BCUT2D eigenvalue weighted by atomic mass is 79.9. The predicted molar refractivity (Wildman–Crippen MR) is 94.6 cm³/mol. The van der Waals surface area contributed by atoms with Crippen LogP contribution >= 0.6 is 15.9 Å². The average Bonchev–Trinajstić information content (AvgIpc) is 2.78. The van der Waals surface area contributed by atoms with Crippen LogP contribution in [-0.4, -0.2) is 23.3 Å². The van der Waals surface area contributed by atoms with E-state index in [-0.39, 0.29) is 18.7 Å². The van der Waals surface area contributed by atoms with E-state index < -0.39 is 11.5 Å². The largest absolute Gasteiger partial charge is 0.375 e. The van der Waals surface area contributed by atoms with E-state index in [0.29, 0.717) is 16.8 Å². The maximum atomic E-state index is 12.7. The van der Waals surface area contributed by atoms with E-state index in [2.05, 4.69) is 21.9 Å². The second-order valence-electron chi connectivity index (χ2n) is 5.58. The number of halogens is 1. The van der Waals surface area contributed by atoms with Crippen LogP contribution < -0.4 is 4.90 Å². The highest BCUT2D eigenvalue weighted by Crippen LogP contribution is 2.42. The number of rotatable bonds is 4. The Bertz CT molecular complexity index is 854. The molecule has 1 atom stereocenters. The summed E-state index contributed by atoms with van der Waals surface area (Å²) >= 11 is 3.31. The number of para-hydroxylation sites is 1. The SMILES string of the molecule is C#CCN1C(=O)C(O)(CC(=O)c2ccc(Br)cc2)c2ccccc21. The molecule has 24 heavy (non-hydrogen) atoms. The second-order valence-corrected chi connectivity index (χ2v) is 6.50. The molecule has 0 aliphatic carbocycles. The molecule has 1 unspecified atom stereocenters. The lowest BCUT2D eigenvalue weighted by atomic mass is 9.88. The van der Waals surface area contributed by atoms with Crippen LogP contribution in [0.3, 0.4) is 0 Å². The molecule has 5 heteroatoms. The molecule has 0 bridgehead atoms. The van der Waals surface area contributed by atoms with Crippen molar-refractivity contribution in [2.75, 3.05) is 11.4 Å². The molecule has 1 amide bonds. The molecule has 0 saturated carbocycles. The van der Waals surface area contributed by atoms with Crippen molar-refractivity contribution in [2.24, 2.45) is 0 Å². The molecule has 0 saturated heterocycles. The Morgan fingerprint density at radius 3 is 2.54 bits per heavy atom. The summed E-state index contributed by atoms with van der Waals surface area (Å²) in [5.74, 6) is 1.54. The Kier molecular flexibility index (Phi) is 4.27. The van der Waals surface area contributed by atoms with Crippen LogP contribution in [0.4, 0.5) is 5.69 Å². The van der Waals surface area contributed by atoms with Gasteiger partial charge in [0.2, 0.25) is 0 Å². The van der Waals surface area contributed by atoms with Gasteiger partial charge >= 0.3 is 0 Å². The van der Waals surface area contributed by atoms with Crippen LogP contribution in [0.2, 0.25) is 0 Å². The molecule has 0 fully saturated rings. The van der Waals surface area contributed by atoms with Gasteiger partial charge in [-0.15, -0.1) is 6.42 Å². The summed E-state index contributed by atoms with van der Waals surface area (Å²) in [4.78, 5) is 26.6. The standard InChI is InChI=1S/C19H14BrNO3/c1-2-11-21-16-6-4-3-5-15(16)19(24,18(21)23)12-17(22)13-7-9-14(20)10-8-13/h1,3-10,24H,11-12H2. The van der Waals surface area contributed by atoms with E-state index in [1.165, 1.54) is 4.90 Å². The molecule has 120 valence electrons. The lowest BCUT2D eigenvalue weighted by Gasteiger charge is -2.21. The monoisotopic (exact) mass is 383 g/mol. The molecule has 0 spiro atoms. The Balaban J connectivity index is 1.97. The van der Waals surface area contributed by atoms with Crippen molar-refractivity contribution in [2.45, 2.75) is 12.0 Å². The van der Waals surface area contributed by atoms with Crippen LogP contribution in [0, 0.1) is 12.3 Å². The number of carbonyl (C=O) groups is 2. The zero-order chi connectivity index (χ0) is 17.3. The number of carbonyl (C=O) groups excluding carboxylic acids is 2. The number of anilines is 1. The smallest absolute Gasteiger partial charge is 0.265 e. The number of Topliss-reactive ketones (excluding diaryl/α,β-unsaturated/α-hetero) is 1. The van der Waals surface area contributed by atoms with Gasteiger partial charge in [0.1, 0.15) is 0 Å². The highest BCUT2D eigenvalue weighted by molar-refractivity contribution is 9.10. The molecular weight excluding hydrogens is 370 g/mol.